The molecule has 0 bridgehead atoms. The number of alkyl halides is 3. The van der Waals surface area contributed by atoms with Gasteiger partial charge in [-0.05, 0) is 19.4 Å². The maximum absolute atomic E-state index is 12.6. The molecule has 2 nitrogen and oxygen atoms in total. The smallest absolute Gasteiger partial charge is 0.360 e. The van der Waals surface area contributed by atoms with Crippen LogP contribution in [0, 0.1) is 0 Å². The first-order valence-corrected chi connectivity index (χ1v) is 5.35. The fourth-order valence-corrected chi connectivity index (χ4v) is 1.52. The highest BCUT2D eigenvalue weighted by Gasteiger charge is 2.44. The molecular weight excluding hydrogens is 231 g/mol. The van der Waals surface area contributed by atoms with Crippen LogP contribution in [0.4, 0.5) is 13.2 Å². The molecule has 0 aliphatic heterocycles. The molecule has 0 saturated heterocycles. The minimum Gasteiger partial charge on any atom is -0.360 e. The zero-order chi connectivity index (χ0) is 13.1. The van der Waals surface area contributed by atoms with E-state index in [0.717, 1.165) is 0 Å². The molecule has 0 spiro atoms. The Bertz CT molecular complexity index is 337. The van der Waals surface area contributed by atoms with Crippen LogP contribution in [0.5, 0.6) is 0 Å². The lowest BCUT2D eigenvalue weighted by atomic mass is 10.1. The van der Waals surface area contributed by atoms with E-state index in [1.54, 1.807) is 37.3 Å². The summed E-state index contributed by atoms with van der Waals surface area (Å²) in [5.41, 5.74) is 6.00. The molecule has 1 rings (SSSR count). The maximum atomic E-state index is 12.6. The molecule has 1 aromatic carbocycles. The van der Waals surface area contributed by atoms with Gasteiger partial charge in [0.15, 0.2) is 6.10 Å². The predicted octanol–water partition coefficient (Wildman–Crippen LogP) is 3.04. The summed E-state index contributed by atoms with van der Waals surface area (Å²) in [4.78, 5) is 0. The first-order chi connectivity index (χ1) is 7.82. The molecule has 0 radical (unpaired) electrons. The zero-order valence-corrected chi connectivity index (χ0v) is 9.74. The summed E-state index contributed by atoms with van der Waals surface area (Å²) in [5, 5.41) is 0. The highest BCUT2D eigenvalue weighted by molar-refractivity contribution is 5.16. The van der Waals surface area contributed by atoms with Crippen molar-refractivity contribution in [2.45, 2.75) is 38.3 Å². The molecule has 1 aromatic rings. The molecule has 3 unspecified atom stereocenters. The molecule has 0 heterocycles. The van der Waals surface area contributed by atoms with Crippen LogP contribution < -0.4 is 5.73 Å². The van der Waals surface area contributed by atoms with Gasteiger partial charge in [-0.2, -0.15) is 13.2 Å². The van der Waals surface area contributed by atoms with Gasteiger partial charge >= 0.3 is 6.18 Å². The molecule has 2 N–H and O–H groups in total. The molecule has 5 heteroatoms. The first-order valence-electron chi connectivity index (χ1n) is 5.35. The van der Waals surface area contributed by atoms with Gasteiger partial charge in [0.1, 0.15) is 0 Å². The normalized spacial score (nSPS) is 17.5. The molecule has 17 heavy (non-hydrogen) atoms. The van der Waals surface area contributed by atoms with E-state index in [0.29, 0.717) is 5.56 Å². The van der Waals surface area contributed by atoms with Crippen molar-refractivity contribution < 1.29 is 17.9 Å². The van der Waals surface area contributed by atoms with E-state index in [4.69, 9.17) is 10.5 Å². The van der Waals surface area contributed by atoms with Crippen LogP contribution in [-0.2, 0) is 4.74 Å². The van der Waals surface area contributed by atoms with Crippen LogP contribution in [-0.4, -0.2) is 18.3 Å². The van der Waals surface area contributed by atoms with Crippen LogP contribution in [0.1, 0.15) is 25.5 Å². The molecule has 0 saturated carbocycles. The third kappa shape index (κ3) is 4.02. The minimum atomic E-state index is -4.45. The number of hydrogen-bond donors (Lipinski definition) is 1. The Morgan fingerprint density at radius 2 is 1.65 bits per heavy atom. The number of rotatable bonds is 4. The third-order valence-electron chi connectivity index (χ3n) is 2.42. The van der Waals surface area contributed by atoms with Crippen molar-refractivity contribution in [3.8, 4) is 0 Å². The third-order valence-corrected chi connectivity index (χ3v) is 2.42. The van der Waals surface area contributed by atoms with Crippen LogP contribution in [0.3, 0.4) is 0 Å². The molecule has 0 fully saturated rings. The second kappa shape index (κ2) is 5.51. The Kier molecular flexibility index (Phi) is 4.54. The Morgan fingerprint density at radius 1 is 1.12 bits per heavy atom. The van der Waals surface area contributed by atoms with E-state index >= 15 is 0 Å². The summed E-state index contributed by atoms with van der Waals surface area (Å²) < 4.78 is 42.9. The van der Waals surface area contributed by atoms with Gasteiger partial charge in [-0.3, -0.25) is 0 Å². The lowest BCUT2D eigenvalue weighted by molar-refractivity contribution is -0.237. The van der Waals surface area contributed by atoms with E-state index < -0.39 is 24.4 Å². The Hall–Kier alpha value is -1.07. The predicted molar refractivity (Wildman–Crippen MR) is 59.4 cm³/mol. The van der Waals surface area contributed by atoms with Crippen molar-refractivity contribution in [3.63, 3.8) is 0 Å². The van der Waals surface area contributed by atoms with Crippen molar-refractivity contribution in [2.75, 3.05) is 0 Å². The second-order valence-electron chi connectivity index (χ2n) is 4.01. The summed E-state index contributed by atoms with van der Waals surface area (Å²) >= 11 is 0. The molecule has 0 aliphatic carbocycles. The number of benzene rings is 1. The van der Waals surface area contributed by atoms with Crippen molar-refractivity contribution in [1.82, 2.24) is 0 Å². The van der Waals surface area contributed by atoms with Crippen molar-refractivity contribution in [3.05, 3.63) is 35.9 Å². The van der Waals surface area contributed by atoms with Crippen LogP contribution in [0.25, 0.3) is 0 Å². The maximum Gasteiger partial charge on any atom is 0.416 e. The Morgan fingerprint density at radius 3 is 2.06 bits per heavy atom. The van der Waals surface area contributed by atoms with E-state index in [-0.39, 0.29) is 0 Å². The molecule has 3 atom stereocenters. The Labute approximate surface area is 98.6 Å². The average molecular weight is 247 g/mol. The van der Waals surface area contributed by atoms with Gasteiger partial charge in [0.05, 0.1) is 6.10 Å². The van der Waals surface area contributed by atoms with Gasteiger partial charge in [0.25, 0.3) is 0 Å². The minimum absolute atomic E-state index is 0.645. The van der Waals surface area contributed by atoms with Crippen molar-refractivity contribution >= 4 is 0 Å². The molecule has 0 aromatic heterocycles. The van der Waals surface area contributed by atoms with Gasteiger partial charge in [-0.15, -0.1) is 0 Å². The van der Waals surface area contributed by atoms with Gasteiger partial charge in [-0.25, -0.2) is 0 Å². The van der Waals surface area contributed by atoms with Gasteiger partial charge in [-0.1, -0.05) is 30.3 Å². The summed E-state index contributed by atoms with van der Waals surface area (Å²) in [7, 11) is 0. The fourth-order valence-electron chi connectivity index (χ4n) is 1.52. The summed E-state index contributed by atoms with van der Waals surface area (Å²) in [6.07, 6.45) is -7.04. The average Bonchev–Trinajstić information content (AvgIpc) is 2.24. The van der Waals surface area contributed by atoms with Gasteiger partial charge in [0, 0.05) is 6.04 Å². The summed E-state index contributed by atoms with van der Waals surface area (Å²) in [6.45, 7) is 2.87. The summed E-state index contributed by atoms with van der Waals surface area (Å²) in [5.74, 6) is 0. The van der Waals surface area contributed by atoms with E-state index in [1.165, 1.54) is 6.92 Å². The molecule has 0 aliphatic rings. The van der Waals surface area contributed by atoms with Crippen molar-refractivity contribution in [2.24, 2.45) is 5.73 Å². The van der Waals surface area contributed by atoms with Crippen LogP contribution in [0.15, 0.2) is 30.3 Å². The summed E-state index contributed by atoms with van der Waals surface area (Å²) in [6, 6.07) is 7.65. The molecular formula is C12H16F3NO. The van der Waals surface area contributed by atoms with Crippen LogP contribution >= 0.6 is 0 Å². The largest absolute Gasteiger partial charge is 0.416 e. The monoisotopic (exact) mass is 247 g/mol. The fraction of sp³-hybridized carbons (Fsp3) is 0.500. The van der Waals surface area contributed by atoms with E-state index in [9.17, 15) is 13.2 Å². The number of hydrogen-bond acceptors (Lipinski definition) is 2. The number of nitrogens with two attached hydrogens (primary N) is 1. The topological polar surface area (TPSA) is 35.2 Å². The van der Waals surface area contributed by atoms with E-state index in [2.05, 4.69) is 0 Å². The lowest BCUT2D eigenvalue weighted by Gasteiger charge is -2.27. The van der Waals surface area contributed by atoms with Crippen molar-refractivity contribution in [1.29, 1.82) is 0 Å². The van der Waals surface area contributed by atoms with Crippen LogP contribution in [0.2, 0.25) is 0 Å². The second-order valence-corrected chi connectivity index (χ2v) is 4.01. The quantitative estimate of drug-likeness (QED) is 0.887. The SMILES string of the molecule is CC(OC(C(C)N)C(F)(F)F)c1ccccc1. The molecule has 96 valence electrons. The highest BCUT2D eigenvalue weighted by atomic mass is 19.4. The zero-order valence-electron chi connectivity index (χ0n) is 9.74. The highest BCUT2D eigenvalue weighted by Crippen LogP contribution is 2.29. The number of halogens is 3. The van der Waals surface area contributed by atoms with Gasteiger partial charge < -0.3 is 10.5 Å². The van der Waals surface area contributed by atoms with Gasteiger partial charge in [0.2, 0.25) is 0 Å². The lowest BCUT2D eigenvalue weighted by Crippen LogP contribution is -2.45. The first kappa shape index (κ1) is 14.0. The standard InChI is InChI=1S/C12H16F3NO/c1-8(16)11(12(13,14)15)17-9(2)10-6-4-3-5-7-10/h3-9,11H,16H2,1-2H3. The molecule has 0 amide bonds. The van der Waals surface area contributed by atoms with E-state index in [1.807, 2.05) is 0 Å². The number of ether oxygens (including phenoxy) is 1. The Balaban J connectivity index is 2.75.